The zero-order chi connectivity index (χ0) is 8.95. The molecule has 0 atom stereocenters. The van der Waals surface area contributed by atoms with Gasteiger partial charge in [0.05, 0.1) is 0 Å². The summed E-state index contributed by atoms with van der Waals surface area (Å²) in [7, 11) is 0. The third kappa shape index (κ3) is 17.8. The van der Waals surface area contributed by atoms with Crippen LogP contribution in [0.15, 0.2) is 0 Å². The SMILES string of the molecule is C1CCOC1.CC.CCCN.[HH]. The second-order valence-corrected chi connectivity index (χ2v) is 2.11. The molecular formula is C9H25NO. The Hall–Kier alpha value is -0.0800. The zero-order valence-corrected chi connectivity index (χ0v) is 8.23. The summed E-state index contributed by atoms with van der Waals surface area (Å²) in [5, 5.41) is 0. The molecule has 2 N–H and O–H groups in total. The molecule has 0 aromatic heterocycles. The predicted octanol–water partition coefficient (Wildman–Crippen LogP) is 2.42. The number of nitrogens with two attached hydrogens (primary N) is 1. The lowest BCUT2D eigenvalue weighted by Gasteiger charge is -1.76. The molecule has 0 spiro atoms. The molecular weight excluding hydrogens is 138 g/mol. The average Bonchev–Trinajstić information content (AvgIpc) is 2.65. The van der Waals surface area contributed by atoms with Crippen LogP contribution >= 0.6 is 0 Å². The molecule has 1 aliphatic heterocycles. The van der Waals surface area contributed by atoms with Gasteiger partial charge in [-0.25, -0.2) is 0 Å². The number of ether oxygens (including phenoxy) is 1. The van der Waals surface area contributed by atoms with E-state index in [1.54, 1.807) is 0 Å². The van der Waals surface area contributed by atoms with Gasteiger partial charge in [0.1, 0.15) is 0 Å². The third-order valence-corrected chi connectivity index (χ3v) is 1.12. The molecule has 11 heavy (non-hydrogen) atoms. The molecule has 1 aliphatic rings. The molecule has 0 aromatic carbocycles. The first kappa shape index (κ1) is 13.5. The van der Waals surface area contributed by atoms with E-state index in [1.807, 2.05) is 13.8 Å². The molecule has 0 radical (unpaired) electrons. The maximum absolute atomic E-state index is 5.03. The van der Waals surface area contributed by atoms with Crippen LogP contribution in [-0.4, -0.2) is 19.8 Å². The van der Waals surface area contributed by atoms with Crippen LogP contribution in [0.1, 0.15) is 41.5 Å². The number of rotatable bonds is 1. The van der Waals surface area contributed by atoms with Crippen molar-refractivity contribution in [3.63, 3.8) is 0 Å². The van der Waals surface area contributed by atoms with Crippen molar-refractivity contribution in [1.29, 1.82) is 0 Å². The minimum Gasteiger partial charge on any atom is -0.381 e. The maximum atomic E-state index is 5.03. The molecule has 1 rings (SSSR count). The van der Waals surface area contributed by atoms with Crippen LogP contribution in [0.3, 0.4) is 0 Å². The summed E-state index contributed by atoms with van der Waals surface area (Å²) in [4.78, 5) is 0. The van der Waals surface area contributed by atoms with E-state index in [4.69, 9.17) is 10.5 Å². The average molecular weight is 163 g/mol. The summed E-state index contributed by atoms with van der Waals surface area (Å²) in [5.74, 6) is 0. The Morgan fingerprint density at radius 3 is 1.73 bits per heavy atom. The van der Waals surface area contributed by atoms with E-state index in [1.165, 1.54) is 12.8 Å². The molecule has 1 fully saturated rings. The standard InChI is InChI=1S/C4H8O.C3H9N.C2H6.H2/c1-2-4-5-3-1;1-2-3-4;1-2;/h1-4H2;2-4H2,1H3;1-2H3;1H. The van der Waals surface area contributed by atoms with Crippen LogP contribution in [0.5, 0.6) is 0 Å². The summed E-state index contributed by atoms with van der Waals surface area (Å²) in [6, 6.07) is 0. The third-order valence-electron chi connectivity index (χ3n) is 1.12. The molecule has 72 valence electrons. The predicted molar refractivity (Wildman–Crippen MR) is 52.9 cm³/mol. The zero-order valence-electron chi connectivity index (χ0n) is 8.23. The molecule has 1 saturated heterocycles. The number of hydrogen-bond donors (Lipinski definition) is 1. The fourth-order valence-electron chi connectivity index (χ4n) is 0.510. The van der Waals surface area contributed by atoms with E-state index >= 15 is 0 Å². The molecule has 0 aromatic rings. The molecule has 2 nitrogen and oxygen atoms in total. The molecule has 0 aliphatic carbocycles. The Morgan fingerprint density at radius 1 is 1.27 bits per heavy atom. The first-order valence-corrected chi connectivity index (χ1v) is 4.69. The van der Waals surface area contributed by atoms with Gasteiger partial charge in [-0.05, 0) is 25.8 Å². The Morgan fingerprint density at radius 2 is 1.64 bits per heavy atom. The molecule has 0 unspecified atom stereocenters. The van der Waals surface area contributed by atoms with E-state index in [0.29, 0.717) is 0 Å². The lowest BCUT2D eigenvalue weighted by Crippen LogP contribution is -1.93. The first-order chi connectivity index (χ1) is 5.41. The normalized spacial score (nSPS) is 14.2. The monoisotopic (exact) mass is 163 g/mol. The summed E-state index contributed by atoms with van der Waals surface area (Å²) in [6.45, 7) is 8.88. The van der Waals surface area contributed by atoms with Crippen LogP contribution in [0.25, 0.3) is 0 Å². The molecule has 0 saturated carbocycles. The Bertz CT molecular complexity index is 40.2. The van der Waals surface area contributed by atoms with Gasteiger partial charge in [0.2, 0.25) is 0 Å². The van der Waals surface area contributed by atoms with Crippen LogP contribution in [0.2, 0.25) is 0 Å². The highest BCUT2D eigenvalue weighted by atomic mass is 16.5. The van der Waals surface area contributed by atoms with Gasteiger partial charge in [-0.1, -0.05) is 20.8 Å². The number of hydrogen-bond acceptors (Lipinski definition) is 2. The molecule has 0 amide bonds. The van der Waals surface area contributed by atoms with Crippen molar-refractivity contribution in [3.8, 4) is 0 Å². The maximum Gasteiger partial charge on any atom is 0.0466 e. The van der Waals surface area contributed by atoms with E-state index in [9.17, 15) is 0 Å². The van der Waals surface area contributed by atoms with Crippen molar-refractivity contribution in [2.24, 2.45) is 5.73 Å². The molecule has 1 heterocycles. The van der Waals surface area contributed by atoms with Gasteiger partial charge >= 0.3 is 0 Å². The fraction of sp³-hybridized carbons (Fsp3) is 1.00. The summed E-state index contributed by atoms with van der Waals surface area (Å²) >= 11 is 0. The summed E-state index contributed by atoms with van der Waals surface area (Å²) in [6.07, 6.45) is 3.65. The van der Waals surface area contributed by atoms with Crippen molar-refractivity contribution in [2.75, 3.05) is 19.8 Å². The Labute approximate surface area is 72.6 Å². The van der Waals surface area contributed by atoms with Crippen molar-refractivity contribution in [1.82, 2.24) is 0 Å². The second kappa shape index (κ2) is 16.5. The smallest absolute Gasteiger partial charge is 0.0466 e. The minimum absolute atomic E-state index is 0. The van der Waals surface area contributed by atoms with Gasteiger partial charge in [-0.2, -0.15) is 0 Å². The molecule has 2 heteroatoms. The van der Waals surface area contributed by atoms with Gasteiger partial charge in [-0.15, -0.1) is 0 Å². The van der Waals surface area contributed by atoms with Gasteiger partial charge in [0.25, 0.3) is 0 Å². The second-order valence-electron chi connectivity index (χ2n) is 2.11. The van der Waals surface area contributed by atoms with Crippen molar-refractivity contribution in [2.45, 2.75) is 40.0 Å². The largest absolute Gasteiger partial charge is 0.381 e. The van der Waals surface area contributed by atoms with E-state index in [2.05, 4.69) is 6.92 Å². The van der Waals surface area contributed by atoms with E-state index < -0.39 is 0 Å². The Balaban J connectivity index is -0.000000107. The van der Waals surface area contributed by atoms with Gasteiger partial charge < -0.3 is 10.5 Å². The lowest BCUT2D eigenvalue weighted by molar-refractivity contribution is 0.198. The van der Waals surface area contributed by atoms with E-state index in [0.717, 1.165) is 26.2 Å². The van der Waals surface area contributed by atoms with Gasteiger partial charge in [-0.3, -0.25) is 0 Å². The van der Waals surface area contributed by atoms with E-state index in [-0.39, 0.29) is 1.43 Å². The summed E-state index contributed by atoms with van der Waals surface area (Å²) in [5.41, 5.74) is 5.03. The lowest BCUT2D eigenvalue weighted by atomic mass is 10.4. The van der Waals surface area contributed by atoms with Crippen molar-refractivity contribution in [3.05, 3.63) is 0 Å². The highest BCUT2D eigenvalue weighted by Crippen LogP contribution is 1.98. The highest BCUT2D eigenvalue weighted by molar-refractivity contribution is 4.43. The van der Waals surface area contributed by atoms with Crippen molar-refractivity contribution >= 4 is 0 Å². The van der Waals surface area contributed by atoms with Gasteiger partial charge in [0, 0.05) is 14.6 Å². The first-order valence-electron chi connectivity index (χ1n) is 4.69. The van der Waals surface area contributed by atoms with Crippen LogP contribution in [-0.2, 0) is 4.74 Å². The topological polar surface area (TPSA) is 35.2 Å². The van der Waals surface area contributed by atoms with Crippen LogP contribution in [0.4, 0.5) is 0 Å². The van der Waals surface area contributed by atoms with Crippen LogP contribution < -0.4 is 5.73 Å². The highest BCUT2D eigenvalue weighted by Gasteiger charge is 1.94. The molecule has 0 bridgehead atoms. The van der Waals surface area contributed by atoms with Crippen molar-refractivity contribution < 1.29 is 6.16 Å². The minimum atomic E-state index is 0. The van der Waals surface area contributed by atoms with Gasteiger partial charge in [0.15, 0.2) is 0 Å². The quantitative estimate of drug-likeness (QED) is 0.644. The summed E-state index contributed by atoms with van der Waals surface area (Å²) < 4.78 is 4.94. The fourth-order valence-corrected chi connectivity index (χ4v) is 0.510. The van der Waals surface area contributed by atoms with Crippen LogP contribution in [0, 0.1) is 0 Å². The Kier molecular flexibility index (Phi) is 20.2.